The highest BCUT2D eigenvalue weighted by Crippen LogP contribution is 2.29. The van der Waals surface area contributed by atoms with Crippen LogP contribution in [0.3, 0.4) is 0 Å². The molecule has 0 amide bonds. The molecule has 0 aliphatic heterocycles. The summed E-state index contributed by atoms with van der Waals surface area (Å²) in [6, 6.07) is 23.5. The van der Waals surface area contributed by atoms with Crippen molar-refractivity contribution in [2.45, 2.75) is 19.4 Å². The van der Waals surface area contributed by atoms with Gasteiger partial charge in [-0.2, -0.15) is 0 Å². The van der Waals surface area contributed by atoms with Gasteiger partial charge in [-0.05, 0) is 47.0 Å². The van der Waals surface area contributed by atoms with E-state index in [1.165, 1.54) is 16.3 Å². The first kappa shape index (κ1) is 14.5. The molecule has 0 radical (unpaired) electrons. The second-order valence-corrected chi connectivity index (χ2v) is 5.40. The van der Waals surface area contributed by atoms with Crippen LogP contribution in [0.15, 0.2) is 66.7 Å². The summed E-state index contributed by atoms with van der Waals surface area (Å²) in [6.07, 6.45) is 1.03. The molecule has 0 saturated carbocycles. The van der Waals surface area contributed by atoms with E-state index in [-0.39, 0.29) is 0 Å². The van der Waals surface area contributed by atoms with Gasteiger partial charge in [0, 0.05) is 5.69 Å². The molecular weight excluding hydrogens is 270 g/mol. The third-order valence-corrected chi connectivity index (χ3v) is 4.04. The zero-order valence-corrected chi connectivity index (χ0v) is 13.0. The van der Waals surface area contributed by atoms with Crippen molar-refractivity contribution < 1.29 is 4.74 Å². The average molecular weight is 291 g/mol. The maximum atomic E-state index is 5.22. The Morgan fingerprint density at radius 1 is 0.909 bits per heavy atom. The number of benzene rings is 3. The van der Waals surface area contributed by atoms with Crippen LogP contribution < -0.4 is 10.1 Å². The van der Waals surface area contributed by atoms with Gasteiger partial charge in [0.05, 0.1) is 13.2 Å². The summed E-state index contributed by atoms with van der Waals surface area (Å²) < 4.78 is 5.22. The third kappa shape index (κ3) is 2.91. The van der Waals surface area contributed by atoms with Gasteiger partial charge in [0.25, 0.3) is 0 Å². The molecule has 0 spiro atoms. The van der Waals surface area contributed by atoms with Gasteiger partial charge in [0.1, 0.15) is 5.75 Å². The molecule has 1 atom stereocenters. The standard InChI is InChI=1S/C20H21NO/c1-3-20(21-16-11-13-17(22-2)14-12-16)19-10-6-8-15-7-4-5-9-18(15)19/h4-14,20-21H,3H2,1-2H3/t20-/m0/s1. The Morgan fingerprint density at radius 3 is 2.36 bits per heavy atom. The topological polar surface area (TPSA) is 21.3 Å². The molecule has 3 aromatic carbocycles. The summed E-state index contributed by atoms with van der Waals surface area (Å²) in [7, 11) is 1.69. The van der Waals surface area contributed by atoms with Crippen LogP contribution in [-0.2, 0) is 0 Å². The minimum atomic E-state index is 0.291. The van der Waals surface area contributed by atoms with Gasteiger partial charge in [-0.1, -0.05) is 49.4 Å². The fraction of sp³-hybridized carbons (Fsp3) is 0.200. The van der Waals surface area contributed by atoms with E-state index in [9.17, 15) is 0 Å². The fourth-order valence-electron chi connectivity index (χ4n) is 2.84. The Kier molecular flexibility index (Phi) is 4.29. The number of anilines is 1. The van der Waals surface area contributed by atoms with Crippen molar-refractivity contribution in [1.29, 1.82) is 0 Å². The molecule has 3 aromatic rings. The largest absolute Gasteiger partial charge is 0.497 e. The molecular formula is C20H21NO. The van der Waals surface area contributed by atoms with Gasteiger partial charge in [-0.3, -0.25) is 0 Å². The molecule has 0 aliphatic carbocycles. The number of hydrogen-bond donors (Lipinski definition) is 1. The van der Waals surface area contributed by atoms with Crippen molar-refractivity contribution in [3.8, 4) is 5.75 Å². The van der Waals surface area contributed by atoms with E-state index in [0.717, 1.165) is 17.9 Å². The summed E-state index contributed by atoms with van der Waals surface area (Å²) in [6.45, 7) is 2.21. The Morgan fingerprint density at radius 2 is 1.64 bits per heavy atom. The zero-order chi connectivity index (χ0) is 15.4. The van der Waals surface area contributed by atoms with Crippen LogP contribution >= 0.6 is 0 Å². The van der Waals surface area contributed by atoms with E-state index in [0.29, 0.717) is 6.04 Å². The van der Waals surface area contributed by atoms with Crippen molar-refractivity contribution in [1.82, 2.24) is 0 Å². The van der Waals surface area contributed by atoms with E-state index >= 15 is 0 Å². The zero-order valence-electron chi connectivity index (χ0n) is 13.0. The lowest BCUT2D eigenvalue weighted by atomic mass is 9.97. The van der Waals surface area contributed by atoms with Crippen LogP contribution in [0.5, 0.6) is 5.75 Å². The van der Waals surface area contributed by atoms with E-state index < -0.39 is 0 Å². The summed E-state index contributed by atoms with van der Waals surface area (Å²) in [5, 5.41) is 6.24. The van der Waals surface area contributed by atoms with Gasteiger partial charge >= 0.3 is 0 Å². The Hall–Kier alpha value is -2.48. The quantitative estimate of drug-likeness (QED) is 0.678. The molecule has 0 bridgehead atoms. The average Bonchev–Trinajstić information content (AvgIpc) is 2.60. The second-order valence-electron chi connectivity index (χ2n) is 5.40. The molecule has 2 heteroatoms. The van der Waals surface area contributed by atoms with Gasteiger partial charge in [-0.15, -0.1) is 0 Å². The van der Waals surface area contributed by atoms with E-state index in [1.54, 1.807) is 7.11 Å². The van der Waals surface area contributed by atoms with E-state index in [4.69, 9.17) is 4.74 Å². The van der Waals surface area contributed by atoms with Crippen molar-refractivity contribution in [3.63, 3.8) is 0 Å². The molecule has 0 aromatic heterocycles. The van der Waals surface area contributed by atoms with E-state index in [2.05, 4.69) is 66.8 Å². The Bertz CT molecular complexity index is 744. The summed E-state index contributed by atoms with van der Waals surface area (Å²) in [5.74, 6) is 0.878. The number of fused-ring (bicyclic) bond motifs is 1. The van der Waals surface area contributed by atoms with Gasteiger partial charge in [0.2, 0.25) is 0 Å². The van der Waals surface area contributed by atoms with Crippen molar-refractivity contribution in [3.05, 3.63) is 72.3 Å². The minimum Gasteiger partial charge on any atom is -0.497 e. The molecule has 0 fully saturated rings. The molecule has 112 valence electrons. The van der Waals surface area contributed by atoms with Gasteiger partial charge in [0.15, 0.2) is 0 Å². The highest BCUT2D eigenvalue weighted by atomic mass is 16.5. The first-order valence-corrected chi connectivity index (χ1v) is 7.70. The number of hydrogen-bond acceptors (Lipinski definition) is 2. The highest BCUT2D eigenvalue weighted by molar-refractivity contribution is 5.86. The first-order chi connectivity index (χ1) is 10.8. The minimum absolute atomic E-state index is 0.291. The lowest BCUT2D eigenvalue weighted by molar-refractivity contribution is 0.415. The van der Waals surface area contributed by atoms with E-state index in [1.807, 2.05) is 12.1 Å². The number of nitrogens with one attached hydrogen (secondary N) is 1. The smallest absolute Gasteiger partial charge is 0.119 e. The maximum Gasteiger partial charge on any atom is 0.119 e. The van der Waals surface area contributed by atoms with Crippen LogP contribution in [-0.4, -0.2) is 7.11 Å². The van der Waals surface area contributed by atoms with Crippen LogP contribution in [0.4, 0.5) is 5.69 Å². The first-order valence-electron chi connectivity index (χ1n) is 7.70. The van der Waals surface area contributed by atoms with Crippen molar-refractivity contribution in [2.24, 2.45) is 0 Å². The molecule has 0 unspecified atom stereocenters. The number of ether oxygens (including phenoxy) is 1. The van der Waals surface area contributed by atoms with Crippen molar-refractivity contribution >= 4 is 16.5 Å². The third-order valence-electron chi connectivity index (χ3n) is 4.04. The molecule has 0 saturated heterocycles. The van der Waals surface area contributed by atoms with Gasteiger partial charge in [-0.25, -0.2) is 0 Å². The monoisotopic (exact) mass is 291 g/mol. The summed E-state index contributed by atoms with van der Waals surface area (Å²) in [5.41, 5.74) is 2.46. The predicted molar refractivity (Wildman–Crippen MR) is 93.6 cm³/mol. The van der Waals surface area contributed by atoms with Gasteiger partial charge < -0.3 is 10.1 Å². The summed E-state index contributed by atoms with van der Waals surface area (Å²) in [4.78, 5) is 0. The van der Waals surface area contributed by atoms with Crippen LogP contribution in [0, 0.1) is 0 Å². The second kappa shape index (κ2) is 6.52. The van der Waals surface area contributed by atoms with Crippen LogP contribution in [0.1, 0.15) is 24.9 Å². The van der Waals surface area contributed by atoms with Crippen LogP contribution in [0.2, 0.25) is 0 Å². The Balaban J connectivity index is 1.92. The molecule has 0 heterocycles. The fourth-order valence-corrected chi connectivity index (χ4v) is 2.84. The molecule has 1 N–H and O–H groups in total. The maximum absolute atomic E-state index is 5.22. The Labute approximate surface area is 131 Å². The lowest BCUT2D eigenvalue weighted by Crippen LogP contribution is -2.10. The summed E-state index contributed by atoms with van der Waals surface area (Å²) >= 11 is 0. The lowest BCUT2D eigenvalue weighted by Gasteiger charge is -2.21. The molecule has 0 aliphatic rings. The predicted octanol–water partition coefficient (Wildman–Crippen LogP) is 5.41. The highest BCUT2D eigenvalue weighted by Gasteiger charge is 2.12. The van der Waals surface area contributed by atoms with Crippen molar-refractivity contribution in [2.75, 3.05) is 12.4 Å². The molecule has 3 rings (SSSR count). The SMILES string of the molecule is CC[C@H](Nc1ccc(OC)cc1)c1cccc2ccccc12. The normalized spacial score (nSPS) is 12.1. The molecule has 22 heavy (non-hydrogen) atoms. The van der Waals surface area contributed by atoms with Crippen LogP contribution in [0.25, 0.3) is 10.8 Å². The number of methoxy groups -OCH3 is 1. The molecule has 2 nitrogen and oxygen atoms in total. The number of rotatable bonds is 5.